The Balaban J connectivity index is 2.81. The molecule has 4 heteroatoms. The molecule has 0 aliphatic rings. The molecule has 1 rings (SSSR count). The van der Waals surface area contributed by atoms with Gasteiger partial charge in [0.2, 0.25) is 5.91 Å². The first-order valence-corrected chi connectivity index (χ1v) is 7.14. The summed E-state index contributed by atoms with van der Waals surface area (Å²) < 4.78 is 5.25. The molecule has 2 N–H and O–H groups in total. The summed E-state index contributed by atoms with van der Waals surface area (Å²) in [6.45, 7) is 4.22. The number of rotatable bonds is 6. The number of carbonyl (C=O) groups is 1. The van der Waals surface area contributed by atoms with Crippen LogP contribution in [0.1, 0.15) is 38.7 Å². The third kappa shape index (κ3) is 6.33. The van der Waals surface area contributed by atoms with Gasteiger partial charge in [0.25, 0.3) is 0 Å². The number of hydrogen-bond donors (Lipinski definition) is 2. The zero-order valence-electron chi connectivity index (χ0n) is 12.9. The van der Waals surface area contributed by atoms with E-state index in [1.807, 2.05) is 6.07 Å². The number of aliphatic hydroxyl groups excluding tert-OH is 1. The molecule has 1 aromatic rings. The maximum atomic E-state index is 11.9. The molecule has 1 amide bonds. The van der Waals surface area contributed by atoms with Gasteiger partial charge in [0.05, 0.1) is 19.4 Å². The van der Waals surface area contributed by atoms with E-state index >= 15 is 0 Å². The number of anilines is 1. The lowest BCUT2D eigenvalue weighted by Crippen LogP contribution is -2.13. The minimum atomic E-state index is -0.0255. The molecule has 0 aliphatic carbocycles. The number of amides is 1. The summed E-state index contributed by atoms with van der Waals surface area (Å²) in [5, 5.41) is 11.6. The first-order valence-electron chi connectivity index (χ1n) is 7.14. The number of aliphatic hydroxyl groups is 1. The van der Waals surface area contributed by atoms with Crippen molar-refractivity contribution in [2.45, 2.75) is 33.1 Å². The van der Waals surface area contributed by atoms with Crippen molar-refractivity contribution < 1.29 is 14.6 Å². The van der Waals surface area contributed by atoms with E-state index in [2.05, 4.69) is 31.0 Å². The Labute approximate surface area is 126 Å². The van der Waals surface area contributed by atoms with Gasteiger partial charge in [-0.3, -0.25) is 4.79 Å². The molecule has 0 fully saturated rings. The van der Waals surface area contributed by atoms with E-state index in [1.54, 1.807) is 19.2 Å². The van der Waals surface area contributed by atoms with Crippen LogP contribution in [0.15, 0.2) is 18.2 Å². The highest BCUT2D eigenvalue weighted by Crippen LogP contribution is 2.25. The van der Waals surface area contributed by atoms with Crippen LogP contribution in [0.4, 0.5) is 5.69 Å². The molecule has 114 valence electrons. The van der Waals surface area contributed by atoms with Gasteiger partial charge in [-0.2, -0.15) is 0 Å². The highest BCUT2D eigenvalue weighted by molar-refractivity contribution is 5.92. The number of carbonyl (C=O) groups excluding carboxylic acids is 1. The molecule has 0 saturated carbocycles. The van der Waals surface area contributed by atoms with E-state index in [9.17, 15) is 4.79 Å². The van der Waals surface area contributed by atoms with Crippen LogP contribution in [0.2, 0.25) is 0 Å². The van der Waals surface area contributed by atoms with E-state index < -0.39 is 0 Å². The predicted octanol–water partition coefficient (Wildman–Crippen LogP) is 2.80. The van der Waals surface area contributed by atoms with Gasteiger partial charge in [-0.1, -0.05) is 25.7 Å². The second-order valence-corrected chi connectivity index (χ2v) is 5.17. The first kappa shape index (κ1) is 17.1. The molecule has 0 heterocycles. The van der Waals surface area contributed by atoms with Crippen LogP contribution in [-0.4, -0.2) is 24.7 Å². The minimum Gasteiger partial charge on any atom is -0.495 e. The molecule has 0 saturated heterocycles. The topological polar surface area (TPSA) is 58.6 Å². The zero-order valence-corrected chi connectivity index (χ0v) is 12.9. The second kappa shape index (κ2) is 9.04. The Morgan fingerprint density at radius 1 is 1.43 bits per heavy atom. The normalized spacial score (nSPS) is 9.95. The van der Waals surface area contributed by atoms with Gasteiger partial charge in [-0.25, -0.2) is 0 Å². The third-order valence-electron chi connectivity index (χ3n) is 2.89. The van der Waals surface area contributed by atoms with E-state index in [1.165, 1.54) is 0 Å². The van der Waals surface area contributed by atoms with Gasteiger partial charge >= 0.3 is 0 Å². The molecule has 21 heavy (non-hydrogen) atoms. The number of nitrogens with one attached hydrogen (secondary N) is 1. The number of methoxy groups -OCH3 is 1. The number of benzene rings is 1. The maximum absolute atomic E-state index is 11.9. The lowest BCUT2D eigenvalue weighted by Gasteiger charge is -2.11. The maximum Gasteiger partial charge on any atom is 0.224 e. The summed E-state index contributed by atoms with van der Waals surface area (Å²) >= 11 is 0. The van der Waals surface area contributed by atoms with Crippen molar-refractivity contribution >= 4 is 11.6 Å². The molecule has 0 atom stereocenters. The summed E-state index contributed by atoms with van der Waals surface area (Å²) in [6.07, 6.45) is 1.77. The van der Waals surface area contributed by atoms with Crippen molar-refractivity contribution in [2.75, 3.05) is 19.0 Å². The van der Waals surface area contributed by atoms with Crippen LogP contribution >= 0.6 is 0 Å². The molecule has 0 aliphatic heterocycles. The minimum absolute atomic E-state index is 0.0255. The average Bonchev–Trinajstić information content (AvgIpc) is 2.46. The van der Waals surface area contributed by atoms with Crippen molar-refractivity contribution in [2.24, 2.45) is 5.92 Å². The lowest BCUT2D eigenvalue weighted by molar-refractivity contribution is -0.116. The standard InChI is InChI=1S/C17H23NO3/c1-13(2)7-10-17(20)18-15-12-14(6-4-5-11-19)8-9-16(15)21-3/h8-9,12-13,19H,5,7,10-11H2,1-3H3,(H,18,20). The summed E-state index contributed by atoms with van der Waals surface area (Å²) in [7, 11) is 1.57. The van der Waals surface area contributed by atoms with E-state index in [-0.39, 0.29) is 12.5 Å². The van der Waals surface area contributed by atoms with Crippen LogP contribution < -0.4 is 10.1 Å². The average molecular weight is 289 g/mol. The fourth-order valence-electron chi connectivity index (χ4n) is 1.74. The molecule has 0 bridgehead atoms. The highest BCUT2D eigenvalue weighted by Gasteiger charge is 2.09. The van der Waals surface area contributed by atoms with E-state index in [0.717, 1.165) is 12.0 Å². The summed E-state index contributed by atoms with van der Waals surface area (Å²) in [6, 6.07) is 5.39. The molecular weight excluding hydrogens is 266 g/mol. The Hall–Kier alpha value is -1.99. The predicted molar refractivity (Wildman–Crippen MR) is 84.3 cm³/mol. The zero-order chi connectivity index (χ0) is 15.7. The summed E-state index contributed by atoms with van der Waals surface area (Å²) in [4.78, 5) is 11.9. The Bertz CT molecular complexity index is 527. The smallest absolute Gasteiger partial charge is 0.224 e. The molecule has 1 aromatic carbocycles. The van der Waals surface area contributed by atoms with E-state index in [0.29, 0.717) is 30.2 Å². The largest absolute Gasteiger partial charge is 0.495 e. The quantitative estimate of drug-likeness (QED) is 0.792. The Kier molecular flexibility index (Phi) is 7.34. The van der Waals surface area contributed by atoms with Gasteiger partial charge in [0.1, 0.15) is 5.75 Å². The first-order chi connectivity index (χ1) is 10.1. The van der Waals surface area contributed by atoms with Gasteiger partial charge < -0.3 is 15.2 Å². The summed E-state index contributed by atoms with van der Waals surface area (Å²) in [5.74, 6) is 6.88. The van der Waals surface area contributed by atoms with Crippen molar-refractivity contribution in [3.8, 4) is 17.6 Å². The molecule has 4 nitrogen and oxygen atoms in total. The Morgan fingerprint density at radius 2 is 2.19 bits per heavy atom. The molecule has 0 aromatic heterocycles. The molecule has 0 spiro atoms. The number of ether oxygens (including phenoxy) is 1. The van der Waals surface area contributed by atoms with Crippen LogP contribution in [0.5, 0.6) is 5.75 Å². The van der Waals surface area contributed by atoms with Gasteiger partial charge in [-0.05, 0) is 30.5 Å². The SMILES string of the molecule is COc1ccc(C#CCCO)cc1NC(=O)CCC(C)C. The van der Waals surface area contributed by atoms with Gasteiger partial charge in [-0.15, -0.1) is 0 Å². The van der Waals surface area contributed by atoms with E-state index in [4.69, 9.17) is 9.84 Å². The van der Waals surface area contributed by atoms with Crippen LogP contribution in [0, 0.1) is 17.8 Å². The van der Waals surface area contributed by atoms with Gasteiger partial charge in [0, 0.05) is 18.4 Å². The van der Waals surface area contributed by atoms with Crippen molar-refractivity contribution in [1.82, 2.24) is 0 Å². The third-order valence-corrected chi connectivity index (χ3v) is 2.89. The lowest BCUT2D eigenvalue weighted by atomic mass is 10.1. The fraction of sp³-hybridized carbons (Fsp3) is 0.471. The highest BCUT2D eigenvalue weighted by atomic mass is 16.5. The molecule has 0 unspecified atom stereocenters. The van der Waals surface area contributed by atoms with Crippen LogP contribution in [0.25, 0.3) is 0 Å². The van der Waals surface area contributed by atoms with Crippen LogP contribution in [0.3, 0.4) is 0 Å². The Morgan fingerprint density at radius 3 is 2.81 bits per heavy atom. The monoisotopic (exact) mass is 289 g/mol. The molecular formula is C17H23NO3. The van der Waals surface area contributed by atoms with Crippen molar-refractivity contribution in [3.05, 3.63) is 23.8 Å². The molecule has 0 radical (unpaired) electrons. The van der Waals surface area contributed by atoms with Crippen LogP contribution in [-0.2, 0) is 4.79 Å². The second-order valence-electron chi connectivity index (χ2n) is 5.17. The fourth-order valence-corrected chi connectivity index (χ4v) is 1.74. The van der Waals surface area contributed by atoms with Gasteiger partial charge in [0.15, 0.2) is 0 Å². The number of hydrogen-bond acceptors (Lipinski definition) is 3. The summed E-state index contributed by atoms with van der Waals surface area (Å²) in [5.41, 5.74) is 1.41. The van der Waals surface area contributed by atoms with Crippen molar-refractivity contribution in [1.29, 1.82) is 0 Å². The van der Waals surface area contributed by atoms with Crippen molar-refractivity contribution in [3.63, 3.8) is 0 Å².